The number of aryl methyl sites for hydroxylation is 1. The van der Waals surface area contributed by atoms with Crippen molar-refractivity contribution in [3.05, 3.63) is 59.7 Å². The molecule has 4 nitrogen and oxygen atoms in total. The molecular weight excluding hydrogens is 372 g/mol. The molecule has 160 valence electrons. The molecule has 30 heavy (non-hydrogen) atoms. The molecule has 0 aromatic heterocycles. The highest BCUT2D eigenvalue weighted by Crippen LogP contribution is 2.24. The summed E-state index contributed by atoms with van der Waals surface area (Å²) in [4.78, 5) is 11.6. The van der Waals surface area contributed by atoms with E-state index in [0.717, 1.165) is 30.4 Å². The van der Waals surface area contributed by atoms with E-state index in [0.29, 0.717) is 12.1 Å². The van der Waals surface area contributed by atoms with Crippen molar-refractivity contribution in [2.45, 2.75) is 71.3 Å². The Kier molecular flexibility index (Phi) is 9.41. The highest BCUT2D eigenvalue weighted by atomic mass is 16.6. The summed E-state index contributed by atoms with van der Waals surface area (Å²) >= 11 is 0. The van der Waals surface area contributed by atoms with Gasteiger partial charge in [-0.2, -0.15) is 5.26 Å². The van der Waals surface area contributed by atoms with E-state index in [1.807, 2.05) is 45.0 Å². The van der Waals surface area contributed by atoms with Crippen LogP contribution in [-0.2, 0) is 11.2 Å². The number of unbranched alkanes of at least 4 members (excludes halogenated alkanes) is 5. The van der Waals surface area contributed by atoms with Crippen LogP contribution in [0.1, 0.15) is 70.4 Å². The third-order valence-corrected chi connectivity index (χ3v) is 4.87. The summed E-state index contributed by atoms with van der Waals surface area (Å²) in [6, 6.07) is 18.6. The van der Waals surface area contributed by atoms with Crippen molar-refractivity contribution in [3.63, 3.8) is 0 Å². The summed E-state index contributed by atoms with van der Waals surface area (Å²) in [5, 5.41) is 12.1. The molecule has 0 saturated carbocycles. The number of amides is 1. The van der Waals surface area contributed by atoms with Gasteiger partial charge < -0.3 is 10.1 Å². The van der Waals surface area contributed by atoms with Gasteiger partial charge >= 0.3 is 6.09 Å². The van der Waals surface area contributed by atoms with Crippen LogP contribution >= 0.6 is 0 Å². The Hall–Kier alpha value is -2.80. The van der Waals surface area contributed by atoms with Crippen LogP contribution in [0.25, 0.3) is 11.1 Å². The highest BCUT2D eigenvalue weighted by Gasteiger charge is 2.15. The minimum Gasteiger partial charge on any atom is -0.444 e. The van der Waals surface area contributed by atoms with E-state index in [-0.39, 0.29) is 6.09 Å². The van der Waals surface area contributed by atoms with Crippen molar-refractivity contribution in [2.75, 3.05) is 6.54 Å². The predicted molar refractivity (Wildman–Crippen MR) is 122 cm³/mol. The summed E-state index contributed by atoms with van der Waals surface area (Å²) in [5.41, 5.74) is 3.70. The maximum absolute atomic E-state index is 11.6. The maximum Gasteiger partial charge on any atom is 0.407 e. The van der Waals surface area contributed by atoms with Gasteiger partial charge in [-0.05, 0) is 62.8 Å². The zero-order valence-electron chi connectivity index (χ0n) is 18.5. The SMILES string of the molecule is CC(C)(C)OC(=O)NCCCCCCCCc1ccc(-c2ccccc2C#N)cc1. The minimum atomic E-state index is -0.439. The molecule has 0 aliphatic carbocycles. The zero-order valence-corrected chi connectivity index (χ0v) is 18.5. The number of nitrogens with one attached hydrogen (secondary N) is 1. The van der Waals surface area contributed by atoms with Gasteiger partial charge in [0.2, 0.25) is 0 Å². The molecule has 1 N–H and O–H groups in total. The van der Waals surface area contributed by atoms with Gasteiger partial charge in [0.1, 0.15) is 5.60 Å². The van der Waals surface area contributed by atoms with Crippen LogP contribution in [0.2, 0.25) is 0 Å². The largest absolute Gasteiger partial charge is 0.444 e. The molecule has 0 unspecified atom stereocenters. The molecule has 4 heteroatoms. The maximum atomic E-state index is 11.6. The fraction of sp³-hybridized carbons (Fsp3) is 0.462. The lowest BCUT2D eigenvalue weighted by molar-refractivity contribution is 0.0527. The molecule has 0 radical (unpaired) electrons. The Balaban J connectivity index is 1.57. The first-order chi connectivity index (χ1) is 14.4. The van der Waals surface area contributed by atoms with Gasteiger partial charge in [-0.3, -0.25) is 0 Å². The van der Waals surface area contributed by atoms with Gasteiger partial charge in [-0.15, -0.1) is 0 Å². The highest BCUT2D eigenvalue weighted by molar-refractivity contribution is 5.70. The average molecular weight is 407 g/mol. The Morgan fingerprint density at radius 3 is 2.23 bits per heavy atom. The average Bonchev–Trinajstić information content (AvgIpc) is 2.71. The van der Waals surface area contributed by atoms with E-state index < -0.39 is 5.60 Å². The molecule has 1 amide bonds. The fourth-order valence-corrected chi connectivity index (χ4v) is 3.35. The normalized spacial score (nSPS) is 11.0. The molecule has 0 aliphatic heterocycles. The van der Waals surface area contributed by atoms with E-state index in [9.17, 15) is 10.1 Å². The summed E-state index contributed by atoms with van der Waals surface area (Å²) in [6.07, 6.45) is 7.70. The summed E-state index contributed by atoms with van der Waals surface area (Å²) < 4.78 is 5.22. The molecule has 2 aromatic carbocycles. The van der Waals surface area contributed by atoms with Gasteiger partial charge in [0.15, 0.2) is 0 Å². The van der Waals surface area contributed by atoms with Crippen molar-refractivity contribution in [1.29, 1.82) is 5.26 Å². The quantitative estimate of drug-likeness (QED) is 0.450. The molecule has 0 heterocycles. The number of hydrogen-bond acceptors (Lipinski definition) is 3. The second kappa shape index (κ2) is 12.0. The van der Waals surface area contributed by atoms with Crippen molar-refractivity contribution < 1.29 is 9.53 Å². The Bertz CT molecular complexity index is 829. The molecule has 0 fully saturated rings. The van der Waals surface area contributed by atoms with Crippen LogP contribution in [0.15, 0.2) is 48.5 Å². The third-order valence-electron chi connectivity index (χ3n) is 4.87. The number of nitriles is 1. The summed E-state index contributed by atoms with van der Waals surface area (Å²) in [7, 11) is 0. The minimum absolute atomic E-state index is 0.329. The Morgan fingerprint density at radius 2 is 1.57 bits per heavy atom. The van der Waals surface area contributed by atoms with Crippen molar-refractivity contribution >= 4 is 6.09 Å². The van der Waals surface area contributed by atoms with Gasteiger partial charge in [-0.25, -0.2) is 4.79 Å². The number of benzene rings is 2. The molecule has 2 aromatic rings. The van der Waals surface area contributed by atoms with Gasteiger partial charge in [0.05, 0.1) is 11.6 Å². The van der Waals surface area contributed by atoms with Crippen LogP contribution in [0.4, 0.5) is 4.79 Å². The van der Waals surface area contributed by atoms with Crippen LogP contribution in [0, 0.1) is 11.3 Å². The van der Waals surface area contributed by atoms with Gasteiger partial charge in [0.25, 0.3) is 0 Å². The molecule has 0 bridgehead atoms. The van der Waals surface area contributed by atoms with Crippen LogP contribution in [0.5, 0.6) is 0 Å². The first kappa shape index (κ1) is 23.5. The van der Waals surface area contributed by atoms with Gasteiger partial charge in [0, 0.05) is 6.54 Å². The van der Waals surface area contributed by atoms with E-state index >= 15 is 0 Å². The number of alkyl carbamates (subject to hydrolysis) is 1. The van der Waals surface area contributed by atoms with Crippen LogP contribution in [0.3, 0.4) is 0 Å². The number of rotatable bonds is 10. The lowest BCUT2D eigenvalue weighted by Gasteiger charge is -2.19. The monoisotopic (exact) mass is 406 g/mol. The molecule has 0 spiro atoms. The lowest BCUT2D eigenvalue weighted by atomic mass is 9.98. The van der Waals surface area contributed by atoms with Crippen molar-refractivity contribution in [3.8, 4) is 17.2 Å². The summed E-state index contributed by atoms with van der Waals surface area (Å²) in [5.74, 6) is 0. The smallest absolute Gasteiger partial charge is 0.407 e. The van der Waals surface area contributed by atoms with E-state index in [1.165, 1.54) is 31.2 Å². The standard InChI is InChI=1S/C26H34N2O2/c1-26(2,3)30-25(29)28-19-11-7-5-4-6-8-12-21-15-17-22(18-16-21)24-14-10-9-13-23(24)20-27/h9-10,13-18H,4-8,11-12,19H2,1-3H3,(H,28,29). The number of carbonyl (C=O) groups is 1. The van der Waals surface area contributed by atoms with E-state index in [4.69, 9.17) is 4.74 Å². The molecule has 2 rings (SSSR count). The van der Waals surface area contributed by atoms with Crippen molar-refractivity contribution in [1.82, 2.24) is 5.32 Å². The first-order valence-electron chi connectivity index (χ1n) is 10.9. The van der Waals surface area contributed by atoms with E-state index in [2.05, 4.69) is 35.7 Å². The first-order valence-corrected chi connectivity index (χ1v) is 10.9. The second-order valence-corrected chi connectivity index (χ2v) is 8.65. The number of ether oxygens (including phenoxy) is 1. The lowest BCUT2D eigenvalue weighted by Crippen LogP contribution is -2.32. The Labute approximate surface area is 181 Å². The number of hydrogen-bond donors (Lipinski definition) is 1. The van der Waals surface area contributed by atoms with Crippen LogP contribution in [-0.4, -0.2) is 18.2 Å². The Morgan fingerprint density at radius 1 is 0.933 bits per heavy atom. The summed E-state index contributed by atoms with van der Waals surface area (Å²) in [6.45, 7) is 6.29. The van der Waals surface area contributed by atoms with Crippen molar-refractivity contribution in [2.24, 2.45) is 0 Å². The topological polar surface area (TPSA) is 62.1 Å². The molecule has 0 atom stereocenters. The number of nitrogens with zero attached hydrogens (tertiary/aromatic N) is 1. The molecular formula is C26H34N2O2. The van der Waals surface area contributed by atoms with Crippen LogP contribution < -0.4 is 5.32 Å². The predicted octanol–water partition coefficient (Wildman–Crippen LogP) is 6.63. The second-order valence-electron chi connectivity index (χ2n) is 8.65. The molecule has 0 aliphatic rings. The van der Waals surface area contributed by atoms with E-state index in [1.54, 1.807) is 0 Å². The fourth-order valence-electron chi connectivity index (χ4n) is 3.35. The van der Waals surface area contributed by atoms with Gasteiger partial charge in [-0.1, -0.05) is 68.1 Å². The third kappa shape index (κ3) is 8.69. The zero-order chi connectivity index (χ0) is 21.8. The number of carbonyl (C=O) groups excluding carboxylic acids is 1. The molecule has 0 saturated heterocycles.